The van der Waals surface area contributed by atoms with Crippen LogP contribution in [-0.2, 0) is 4.74 Å². The lowest BCUT2D eigenvalue weighted by molar-refractivity contribution is 0.0610. The SMILES string of the molecule is C[C@@H](CO)CCC1CCOCC1. The number of aliphatic hydroxyl groups excluding tert-OH is 1. The zero-order chi connectivity index (χ0) is 8.81. The van der Waals surface area contributed by atoms with Crippen molar-refractivity contribution in [2.75, 3.05) is 19.8 Å². The molecule has 1 aliphatic rings. The molecule has 1 fully saturated rings. The molecule has 12 heavy (non-hydrogen) atoms. The Kier molecular flexibility index (Phi) is 4.62. The zero-order valence-electron chi connectivity index (χ0n) is 7.96. The molecule has 0 bridgehead atoms. The molecule has 0 aromatic heterocycles. The second kappa shape index (κ2) is 5.55. The van der Waals surface area contributed by atoms with Gasteiger partial charge in [-0.1, -0.05) is 6.92 Å². The molecule has 0 aromatic rings. The van der Waals surface area contributed by atoms with E-state index in [0.29, 0.717) is 12.5 Å². The van der Waals surface area contributed by atoms with Crippen molar-refractivity contribution in [2.24, 2.45) is 11.8 Å². The monoisotopic (exact) mass is 172 g/mol. The maximum absolute atomic E-state index is 8.84. The van der Waals surface area contributed by atoms with Crippen molar-refractivity contribution in [3.63, 3.8) is 0 Å². The van der Waals surface area contributed by atoms with E-state index in [1.807, 2.05) is 0 Å². The molecule has 0 aliphatic carbocycles. The fraction of sp³-hybridized carbons (Fsp3) is 1.00. The van der Waals surface area contributed by atoms with Crippen molar-refractivity contribution in [3.05, 3.63) is 0 Å². The van der Waals surface area contributed by atoms with Crippen molar-refractivity contribution >= 4 is 0 Å². The van der Waals surface area contributed by atoms with E-state index in [1.165, 1.54) is 25.7 Å². The fourth-order valence-electron chi connectivity index (χ4n) is 1.65. The summed E-state index contributed by atoms with van der Waals surface area (Å²) in [6, 6.07) is 0. The first-order valence-corrected chi connectivity index (χ1v) is 5.01. The molecule has 2 heteroatoms. The molecule has 0 aromatic carbocycles. The lowest BCUT2D eigenvalue weighted by atomic mass is 9.91. The number of ether oxygens (including phenoxy) is 1. The molecule has 1 saturated heterocycles. The van der Waals surface area contributed by atoms with Crippen LogP contribution in [0.1, 0.15) is 32.6 Å². The smallest absolute Gasteiger partial charge is 0.0468 e. The summed E-state index contributed by atoms with van der Waals surface area (Å²) in [6.07, 6.45) is 4.88. The van der Waals surface area contributed by atoms with Crippen LogP contribution in [0.4, 0.5) is 0 Å². The second-order valence-electron chi connectivity index (χ2n) is 3.92. The third-order valence-corrected chi connectivity index (χ3v) is 2.72. The third kappa shape index (κ3) is 3.55. The summed E-state index contributed by atoms with van der Waals surface area (Å²) >= 11 is 0. The van der Waals surface area contributed by atoms with Crippen LogP contribution >= 0.6 is 0 Å². The highest BCUT2D eigenvalue weighted by Gasteiger charge is 2.14. The summed E-state index contributed by atoms with van der Waals surface area (Å²) in [7, 11) is 0. The van der Waals surface area contributed by atoms with Gasteiger partial charge in [0.15, 0.2) is 0 Å². The molecule has 0 saturated carbocycles. The van der Waals surface area contributed by atoms with E-state index in [-0.39, 0.29) is 0 Å². The Balaban J connectivity index is 2.05. The topological polar surface area (TPSA) is 29.5 Å². The fourth-order valence-corrected chi connectivity index (χ4v) is 1.65. The summed E-state index contributed by atoms with van der Waals surface area (Å²) in [4.78, 5) is 0. The van der Waals surface area contributed by atoms with E-state index in [0.717, 1.165) is 19.1 Å². The van der Waals surface area contributed by atoms with Crippen LogP contribution in [-0.4, -0.2) is 24.9 Å². The highest BCUT2D eigenvalue weighted by Crippen LogP contribution is 2.21. The lowest BCUT2D eigenvalue weighted by Crippen LogP contribution is -2.16. The molecule has 0 amide bonds. The summed E-state index contributed by atoms with van der Waals surface area (Å²) in [5.74, 6) is 1.33. The molecule has 1 rings (SSSR count). The van der Waals surface area contributed by atoms with Gasteiger partial charge in [-0.2, -0.15) is 0 Å². The van der Waals surface area contributed by atoms with Crippen LogP contribution in [0.15, 0.2) is 0 Å². The maximum atomic E-state index is 8.84. The van der Waals surface area contributed by atoms with Crippen molar-refractivity contribution in [1.82, 2.24) is 0 Å². The van der Waals surface area contributed by atoms with Crippen LogP contribution in [0.2, 0.25) is 0 Å². The summed E-state index contributed by atoms with van der Waals surface area (Å²) in [6.45, 7) is 4.33. The Morgan fingerprint density at radius 2 is 2.08 bits per heavy atom. The predicted molar refractivity (Wildman–Crippen MR) is 49.0 cm³/mol. The molecular weight excluding hydrogens is 152 g/mol. The van der Waals surface area contributed by atoms with Crippen molar-refractivity contribution in [1.29, 1.82) is 0 Å². The lowest BCUT2D eigenvalue weighted by Gasteiger charge is -2.22. The minimum Gasteiger partial charge on any atom is -0.396 e. The Bertz CT molecular complexity index is 108. The van der Waals surface area contributed by atoms with Crippen molar-refractivity contribution < 1.29 is 9.84 Å². The Morgan fingerprint density at radius 1 is 1.42 bits per heavy atom. The number of rotatable bonds is 4. The first-order chi connectivity index (χ1) is 5.83. The summed E-state index contributed by atoms with van der Waals surface area (Å²) in [5.41, 5.74) is 0. The van der Waals surface area contributed by atoms with Crippen LogP contribution in [0, 0.1) is 11.8 Å². The van der Waals surface area contributed by atoms with E-state index in [9.17, 15) is 0 Å². The normalized spacial score (nSPS) is 22.5. The first-order valence-electron chi connectivity index (χ1n) is 5.01. The highest BCUT2D eigenvalue weighted by atomic mass is 16.5. The first kappa shape index (κ1) is 10.0. The molecule has 1 atom stereocenters. The number of aliphatic hydroxyl groups is 1. The van der Waals surface area contributed by atoms with E-state index in [2.05, 4.69) is 6.92 Å². The molecule has 2 nitrogen and oxygen atoms in total. The average molecular weight is 172 g/mol. The van der Waals surface area contributed by atoms with Crippen molar-refractivity contribution in [3.8, 4) is 0 Å². The van der Waals surface area contributed by atoms with E-state index >= 15 is 0 Å². The molecule has 0 spiro atoms. The summed E-state index contributed by atoms with van der Waals surface area (Å²) in [5, 5.41) is 8.84. The molecule has 1 N–H and O–H groups in total. The highest BCUT2D eigenvalue weighted by molar-refractivity contribution is 4.64. The van der Waals surface area contributed by atoms with Gasteiger partial charge < -0.3 is 9.84 Å². The van der Waals surface area contributed by atoms with Crippen LogP contribution in [0.5, 0.6) is 0 Å². The predicted octanol–water partition coefficient (Wildman–Crippen LogP) is 1.82. The second-order valence-corrected chi connectivity index (χ2v) is 3.92. The molecule has 0 radical (unpaired) electrons. The van der Waals surface area contributed by atoms with Crippen LogP contribution in [0.3, 0.4) is 0 Å². The molecule has 0 unspecified atom stereocenters. The zero-order valence-corrected chi connectivity index (χ0v) is 7.96. The number of hydrogen-bond donors (Lipinski definition) is 1. The maximum Gasteiger partial charge on any atom is 0.0468 e. The molecule has 72 valence electrons. The largest absolute Gasteiger partial charge is 0.396 e. The Hall–Kier alpha value is -0.0800. The van der Waals surface area contributed by atoms with Gasteiger partial charge in [-0.3, -0.25) is 0 Å². The quantitative estimate of drug-likeness (QED) is 0.701. The van der Waals surface area contributed by atoms with Crippen LogP contribution in [0.25, 0.3) is 0 Å². The summed E-state index contributed by atoms with van der Waals surface area (Å²) < 4.78 is 5.28. The van der Waals surface area contributed by atoms with E-state index in [4.69, 9.17) is 9.84 Å². The Morgan fingerprint density at radius 3 is 2.67 bits per heavy atom. The number of hydrogen-bond acceptors (Lipinski definition) is 2. The van der Waals surface area contributed by atoms with Gasteiger partial charge in [0.1, 0.15) is 0 Å². The van der Waals surface area contributed by atoms with Gasteiger partial charge >= 0.3 is 0 Å². The molecular formula is C10H20O2. The third-order valence-electron chi connectivity index (χ3n) is 2.72. The standard InChI is InChI=1S/C10H20O2/c1-9(8-11)2-3-10-4-6-12-7-5-10/h9-11H,2-8H2,1H3/t9-/m1/s1. The molecule has 1 aliphatic heterocycles. The van der Waals surface area contributed by atoms with E-state index < -0.39 is 0 Å². The van der Waals surface area contributed by atoms with Gasteiger partial charge in [0, 0.05) is 19.8 Å². The van der Waals surface area contributed by atoms with Gasteiger partial charge in [-0.05, 0) is 37.5 Å². The van der Waals surface area contributed by atoms with Gasteiger partial charge in [-0.25, -0.2) is 0 Å². The van der Waals surface area contributed by atoms with Gasteiger partial charge in [-0.15, -0.1) is 0 Å². The average Bonchev–Trinajstić information content (AvgIpc) is 2.16. The van der Waals surface area contributed by atoms with Gasteiger partial charge in [0.25, 0.3) is 0 Å². The van der Waals surface area contributed by atoms with Crippen LogP contribution < -0.4 is 0 Å². The minimum atomic E-state index is 0.337. The minimum absolute atomic E-state index is 0.337. The molecule has 1 heterocycles. The van der Waals surface area contributed by atoms with Crippen molar-refractivity contribution in [2.45, 2.75) is 32.6 Å². The van der Waals surface area contributed by atoms with E-state index in [1.54, 1.807) is 0 Å². The van der Waals surface area contributed by atoms with Gasteiger partial charge in [0.2, 0.25) is 0 Å². The van der Waals surface area contributed by atoms with Gasteiger partial charge in [0.05, 0.1) is 0 Å². The Labute approximate surface area is 74.9 Å².